The number of carbonyl (C=O) groups excluding carboxylic acids is 1. The van der Waals surface area contributed by atoms with Gasteiger partial charge in [-0.15, -0.1) is 0 Å². The topological polar surface area (TPSA) is 75.0 Å². The Morgan fingerprint density at radius 1 is 1.27 bits per heavy atom. The van der Waals surface area contributed by atoms with Gasteiger partial charge in [0, 0.05) is 37.8 Å². The molecule has 0 spiro atoms. The minimum Gasteiger partial charge on any atom is -0.384 e. The summed E-state index contributed by atoms with van der Waals surface area (Å²) in [5.74, 6) is -0.0505. The number of aryl methyl sites for hydroxylation is 1. The standard InChI is InChI=1S/C19H29N3O4/c1-16-5-4-6-18(24)22(16)10-7-17(23)21-11-12-26-15-19(25,14-21)13-20-8-2-3-9-20/h4-6,25H,2-3,7-15H2,1H3. The molecule has 2 saturated heterocycles. The van der Waals surface area contributed by atoms with Gasteiger partial charge in [-0.2, -0.15) is 0 Å². The van der Waals surface area contributed by atoms with Crippen LogP contribution in [0.3, 0.4) is 0 Å². The molecule has 7 nitrogen and oxygen atoms in total. The first-order valence-corrected chi connectivity index (χ1v) is 9.44. The Labute approximate surface area is 154 Å². The van der Waals surface area contributed by atoms with E-state index in [0.717, 1.165) is 31.6 Å². The molecule has 7 heteroatoms. The molecule has 1 N–H and O–H groups in total. The van der Waals surface area contributed by atoms with Gasteiger partial charge in [-0.05, 0) is 38.9 Å². The van der Waals surface area contributed by atoms with Crippen molar-refractivity contribution in [2.24, 2.45) is 0 Å². The summed E-state index contributed by atoms with van der Waals surface area (Å²) in [6, 6.07) is 5.09. The van der Waals surface area contributed by atoms with Crippen LogP contribution in [0.4, 0.5) is 0 Å². The van der Waals surface area contributed by atoms with Gasteiger partial charge in [-0.1, -0.05) is 6.07 Å². The van der Waals surface area contributed by atoms with Crippen LogP contribution < -0.4 is 5.56 Å². The second kappa shape index (κ2) is 8.33. The molecule has 0 bridgehead atoms. The third kappa shape index (κ3) is 4.72. The SMILES string of the molecule is Cc1cccc(=O)n1CCC(=O)N1CCOCC(O)(CN2CCCC2)C1. The zero-order valence-electron chi connectivity index (χ0n) is 15.5. The highest BCUT2D eigenvalue weighted by Crippen LogP contribution is 2.18. The number of aliphatic hydroxyl groups is 1. The molecule has 1 aromatic rings. The fraction of sp³-hybridized carbons (Fsp3) is 0.684. The van der Waals surface area contributed by atoms with E-state index in [1.165, 1.54) is 6.07 Å². The van der Waals surface area contributed by atoms with E-state index >= 15 is 0 Å². The van der Waals surface area contributed by atoms with Crippen molar-refractivity contribution in [2.75, 3.05) is 45.9 Å². The highest BCUT2D eigenvalue weighted by atomic mass is 16.5. The molecule has 2 fully saturated rings. The van der Waals surface area contributed by atoms with Gasteiger partial charge in [-0.25, -0.2) is 0 Å². The number of amides is 1. The Hall–Kier alpha value is -1.70. The Kier molecular flexibility index (Phi) is 6.11. The van der Waals surface area contributed by atoms with Crippen LogP contribution in [-0.2, 0) is 16.1 Å². The molecule has 26 heavy (non-hydrogen) atoms. The lowest BCUT2D eigenvalue weighted by atomic mass is 10.0. The number of nitrogens with zero attached hydrogens (tertiary/aromatic N) is 3. The molecule has 3 heterocycles. The number of hydrogen-bond donors (Lipinski definition) is 1. The zero-order chi connectivity index (χ0) is 18.6. The van der Waals surface area contributed by atoms with Gasteiger partial charge in [-0.3, -0.25) is 9.59 Å². The average Bonchev–Trinajstić information content (AvgIpc) is 3.01. The van der Waals surface area contributed by atoms with Crippen molar-refractivity contribution in [3.8, 4) is 0 Å². The molecule has 0 radical (unpaired) electrons. The first kappa shape index (κ1) is 19.1. The van der Waals surface area contributed by atoms with Crippen LogP contribution in [0.1, 0.15) is 25.0 Å². The largest absolute Gasteiger partial charge is 0.384 e. The number of rotatable bonds is 5. The van der Waals surface area contributed by atoms with Crippen LogP contribution in [0, 0.1) is 6.92 Å². The van der Waals surface area contributed by atoms with Crippen molar-refractivity contribution in [1.82, 2.24) is 14.4 Å². The summed E-state index contributed by atoms with van der Waals surface area (Å²) in [5, 5.41) is 11.0. The molecule has 2 aliphatic rings. The Balaban J connectivity index is 1.61. The van der Waals surface area contributed by atoms with E-state index in [9.17, 15) is 14.7 Å². The van der Waals surface area contributed by atoms with E-state index in [1.54, 1.807) is 15.5 Å². The van der Waals surface area contributed by atoms with Crippen LogP contribution in [0.5, 0.6) is 0 Å². The molecule has 3 rings (SSSR count). The Morgan fingerprint density at radius 3 is 2.77 bits per heavy atom. The van der Waals surface area contributed by atoms with E-state index in [4.69, 9.17) is 4.74 Å². The van der Waals surface area contributed by atoms with Crippen molar-refractivity contribution in [3.63, 3.8) is 0 Å². The quantitative estimate of drug-likeness (QED) is 0.811. The summed E-state index contributed by atoms with van der Waals surface area (Å²) < 4.78 is 7.19. The third-order valence-electron chi connectivity index (χ3n) is 5.25. The van der Waals surface area contributed by atoms with Crippen molar-refractivity contribution in [3.05, 3.63) is 34.2 Å². The number of hydrogen-bond acceptors (Lipinski definition) is 5. The smallest absolute Gasteiger partial charge is 0.250 e. The normalized spacial score (nSPS) is 24.6. The van der Waals surface area contributed by atoms with Gasteiger partial charge < -0.3 is 24.2 Å². The first-order valence-electron chi connectivity index (χ1n) is 9.44. The monoisotopic (exact) mass is 363 g/mol. The van der Waals surface area contributed by atoms with Crippen molar-refractivity contribution < 1.29 is 14.6 Å². The fourth-order valence-electron chi connectivity index (χ4n) is 3.86. The van der Waals surface area contributed by atoms with Gasteiger partial charge in [0.2, 0.25) is 5.91 Å². The van der Waals surface area contributed by atoms with Crippen molar-refractivity contribution in [2.45, 2.75) is 38.3 Å². The fourth-order valence-corrected chi connectivity index (χ4v) is 3.86. The van der Waals surface area contributed by atoms with Gasteiger partial charge in [0.05, 0.1) is 19.8 Å². The van der Waals surface area contributed by atoms with E-state index in [2.05, 4.69) is 4.90 Å². The maximum absolute atomic E-state index is 12.7. The second-order valence-electron chi connectivity index (χ2n) is 7.48. The molecular formula is C19H29N3O4. The number of ether oxygens (including phenoxy) is 1. The summed E-state index contributed by atoms with van der Waals surface area (Å²) in [7, 11) is 0. The molecule has 2 aliphatic heterocycles. The van der Waals surface area contributed by atoms with E-state index in [0.29, 0.717) is 26.2 Å². The molecule has 0 saturated carbocycles. The van der Waals surface area contributed by atoms with Crippen LogP contribution >= 0.6 is 0 Å². The van der Waals surface area contributed by atoms with Gasteiger partial charge in [0.15, 0.2) is 0 Å². The summed E-state index contributed by atoms with van der Waals surface area (Å²) >= 11 is 0. The predicted octanol–water partition coefficient (Wildman–Crippen LogP) is 0.233. The number of pyridine rings is 1. The number of aromatic nitrogens is 1. The van der Waals surface area contributed by atoms with E-state index in [-0.39, 0.29) is 31.0 Å². The molecule has 1 unspecified atom stereocenters. The highest BCUT2D eigenvalue weighted by Gasteiger charge is 2.36. The van der Waals surface area contributed by atoms with Gasteiger partial charge >= 0.3 is 0 Å². The number of β-amino-alcohol motifs (C(OH)–C–C–N with tert-alkyl or cyclic N) is 1. The average molecular weight is 363 g/mol. The molecule has 0 aromatic carbocycles. The molecule has 1 atom stereocenters. The van der Waals surface area contributed by atoms with Crippen molar-refractivity contribution in [1.29, 1.82) is 0 Å². The second-order valence-corrected chi connectivity index (χ2v) is 7.48. The Bertz CT molecular complexity index is 684. The van der Waals surface area contributed by atoms with Crippen LogP contribution in [0.25, 0.3) is 0 Å². The van der Waals surface area contributed by atoms with Crippen LogP contribution in [0.15, 0.2) is 23.0 Å². The summed E-state index contributed by atoms with van der Waals surface area (Å²) in [5.41, 5.74) is -0.284. The molecule has 1 aromatic heterocycles. The Morgan fingerprint density at radius 2 is 2.04 bits per heavy atom. The lowest BCUT2D eigenvalue weighted by Crippen LogP contribution is -2.53. The van der Waals surface area contributed by atoms with E-state index in [1.807, 2.05) is 13.0 Å². The zero-order valence-corrected chi connectivity index (χ0v) is 15.5. The molecule has 144 valence electrons. The first-order chi connectivity index (χ1) is 12.5. The number of likely N-dealkylation sites (tertiary alicyclic amines) is 1. The predicted molar refractivity (Wildman–Crippen MR) is 98.1 cm³/mol. The minimum atomic E-state index is -1.03. The minimum absolute atomic E-state index is 0.0505. The lowest BCUT2D eigenvalue weighted by molar-refractivity contribution is -0.134. The van der Waals surface area contributed by atoms with Crippen LogP contribution in [0.2, 0.25) is 0 Å². The molecular weight excluding hydrogens is 334 g/mol. The maximum atomic E-state index is 12.7. The summed E-state index contributed by atoms with van der Waals surface area (Å²) in [6.45, 7) is 6.18. The molecule has 1 amide bonds. The third-order valence-corrected chi connectivity index (χ3v) is 5.25. The van der Waals surface area contributed by atoms with Gasteiger partial charge in [0.1, 0.15) is 5.60 Å². The van der Waals surface area contributed by atoms with E-state index < -0.39 is 5.60 Å². The lowest BCUT2D eigenvalue weighted by Gasteiger charge is -2.34. The summed E-state index contributed by atoms with van der Waals surface area (Å²) in [4.78, 5) is 28.6. The van der Waals surface area contributed by atoms with Crippen LogP contribution in [-0.4, -0.2) is 76.9 Å². The molecule has 0 aliphatic carbocycles. The van der Waals surface area contributed by atoms with Crippen molar-refractivity contribution >= 4 is 5.91 Å². The summed E-state index contributed by atoms with van der Waals surface area (Å²) in [6.07, 6.45) is 2.56. The van der Waals surface area contributed by atoms with Gasteiger partial charge in [0.25, 0.3) is 5.56 Å². The highest BCUT2D eigenvalue weighted by molar-refractivity contribution is 5.76. The maximum Gasteiger partial charge on any atom is 0.250 e. The number of carbonyl (C=O) groups is 1.